The molecule has 3 aromatic carbocycles. The van der Waals surface area contributed by atoms with Gasteiger partial charge in [-0.3, -0.25) is 9.59 Å². The van der Waals surface area contributed by atoms with Gasteiger partial charge in [-0.2, -0.15) is 5.10 Å². The second-order valence-electron chi connectivity index (χ2n) is 8.64. The number of carbonyl (C=O) groups excluding carboxylic acids is 2. The van der Waals surface area contributed by atoms with Crippen LogP contribution in [0.15, 0.2) is 85.1 Å². The standard InChI is InChI=1S/C28H26N4O3/c1-20-8-7-9-21(18-20)26-24(19-32(29-26)22-10-3-2-4-11-22)28(35)31-16-14-30(15-17-31)27(34)23-12-5-6-13-25(23)33/h2-13,18-19,33H,14-17H2,1H3. The van der Waals surface area contributed by atoms with Gasteiger partial charge in [-0.05, 0) is 37.3 Å². The summed E-state index contributed by atoms with van der Waals surface area (Å²) < 4.78 is 1.74. The SMILES string of the molecule is Cc1cccc(-c2nn(-c3ccccc3)cc2C(=O)N2CCN(C(=O)c3ccccc3O)CC2)c1. The van der Waals surface area contributed by atoms with Crippen molar-refractivity contribution in [1.29, 1.82) is 0 Å². The van der Waals surface area contributed by atoms with Crippen molar-refractivity contribution in [1.82, 2.24) is 19.6 Å². The first kappa shape index (κ1) is 22.4. The van der Waals surface area contributed by atoms with Crippen molar-refractivity contribution in [2.24, 2.45) is 0 Å². The summed E-state index contributed by atoms with van der Waals surface area (Å²) in [6.07, 6.45) is 1.79. The van der Waals surface area contributed by atoms with Crippen molar-refractivity contribution in [3.8, 4) is 22.7 Å². The van der Waals surface area contributed by atoms with E-state index in [1.165, 1.54) is 6.07 Å². The lowest BCUT2D eigenvalue weighted by Gasteiger charge is -2.34. The summed E-state index contributed by atoms with van der Waals surface area (Å²) >= 11 is 0. The Morgan fingerprint density at radius 2 is 1.40 bits per heavy atom. The van der Waals surface area contributed by atoms with Crippen molar-refractivity contribution in [3.05, 3.63) is 102 Å². The zero-order chi connectivity index (χ0) is 24.4. The van der Waals surface area contributed by atoms with Gasteiger partial charge in [0, 0.05) is 37.9 Å². The molecule has 0 unspecified atom stereocenters. The number of amides is 2. The molecule has 7 nitrogen and oxygen atoms in total. The Morgan fingerprint density at radius 1 is 0.771 bits per heavy atom. The summed E-state index contributed by atoms with van der Waals surface area (Å²) in [5.41, 5.74) is 4.29. The Labute approximate surface area is 203 Å². The van der Waals surface area contributed by atoms with Crippen molar-refractivity contribution in [2.75, 3.05) is 26.2 Å². The molecule has 0 radical (unpaired) electrons. The van der Waals surface area contributed by atoms with E-state index < -0.39 is 0 Å². The molecule has 1 aromatic heterocycles. The molecule has 35 heavy (non-hydrogen) atoms. The number of benzene rings is 3. The van der Waals surface area contributed by atoms with Gasteiger partial charge in [0.15, 0.2) is 0 Å². The number of aromatic nitrogens is 2. The minimum atomic E-state index is -0.229. The van der Waals surface area contributed by atoms with Crippen LogP contribution in [0.1, 0.15) is 26.3 Å². The third-order valence-electron chi connectivity index (χ3n) is 6.25. The highest BCUT2D eigenvalue weighted by molar-refractivity contribution is 6.00. The lowest BCUT2D eigenvalue weighted by molar-refractivity contribution is 0.0534. The van der Waals surface area contributed by atoms with Crippen LogP contribution < -0.4 is 0 Å². The van der Waals surface area contributed by atoms with Crippen molar-refractivity contribution >= 4 is 11.8 Å². The first-order valence-corrected chi connectivity index (χ1v) is 11.6. The molecule has 4 aromatic rings. The van der Waals surface area contributed by atoms with Gasteiger partial charge in [-0.1, -0.05) is 54.1 Å². The molecule has 1 aliphatic rings. The molecule has 1 saturated heterocycles. The number of carbonyl (C=O) groups is 2. The zero-order valence-electron chi connectivity index (χ0n) is 19.5. The third kappa shape index (κ3) is 4.53. The maximum Gasteiger partial charge on any atom is 0.257 e. The highest BCUT2D eigenvalue weighted by atomic mass is 16.3. The predicted molar refractivity (Wildman–Crippen MR) is 134 cm³/mol. The maximum atomic E-state index is 13.7. The number of rotatable bonds is 4. The molecule has 176 valence electrons. The number of phenols is 1. The van der Waals surface area contributed by atoms with E-state index in [9.17, 15) is 14.7 Å². The van der Waals surface area contributed by atoms with Crippen molar-refractivity contribution < 1.29 is 14.7 Å². The van der Waals surface area contributed by atoms with Gasteiger partial charge in [0.2, 0.25) is 0 Å². The molecule has 0 atom stereocenters. The second kappa shape index (κ2) is 9.46. The largest absolute Gasteiger partial charge is 0.507 e. The number of aromatic hydroxyl groups is 1. The Morgan fingerprint density at radius 3 is 2.06 bits per heavy atom. The molecule has 1 fully saturated rings. The van der Waals surface area contributed by atoms with Crippen LogP contribution in [0.5, 0.6) is 5.75 Å². The maximum absolute atomic E-state index is 13.7. The van der Waals surface area contributed by atoms with Crippen LogP contribution in [0.2, 0.25) is 0 Å². The number of aryl methyl sites for hydroxylation is 1. The molecule has 0 aliphatic carbocycles. The van der Waals surface area contributed by atoms with E-state index in [2.05, 4.69) is 0 Å². The molecule has 7 heteroatoms. The molecule has 1 N–H and O–H groups in total. The summed E-state index contributed by atoms with van der Waals surface area (Å²) in [7, 11) is 0. The van der Waals surface area contributed by atoms with Crippen molar-refractivity contribution in [2.45, 2.75) is 6.92 Å². The lowest BCUT2D eigenvalue weighted by atomic mass is 10.0. The molecule has 0 spiro atoms. The van der Waals surface area contributed by atoms with Gasteiger partial charge in [-0.25, -0.2) is 4.68 Å². The van der Waals surface area contributed by atoms with E-state index >= 15 is 0 Å². The van der Waals surface area contributed by atoms with Crippen LogP contribution in [0, 0.1) is 6.92 Å². The lowest BCUT2D eigenvalue weighted by Crippen LogP contribution is -2.50. The molecule has 2 amide bonds. The molecule has 0 saturated carbocycles. The molecule has 0 bridgehead atoms. The monoisotopic (exact) mass is 466 g/mol. The first-order chi connectivity index (χ1) is 17.0. The molecule has 5 rings (SSSR count). The van der Waals surface area contributed by atoms with Crippen molar-refractivity contribution in [3.63, 3.8) is 0 Å². The fourth-order valence-electron chi connectivity index (χ4n) is 4.36. The van der Waals surface area contributed by atoms with E-state index in [0.717, 1.165) is 16.8 Å². The highest BCUT2D eigenvalue weighted by Crippen LogP contribution is 2.27. The normalized spacial score (nSPS) is 13.6. The minimum absolute atomic E-state index is 0.0351. The van der Waals surface area contributed by atoms with E-state index in [4.69, 9.17) is 5.10 Å². The molecule has 2 heterocycles. The predicted octanol–water partition coefficient (Wildman–Crippen LogP) is 4.15. The topological polar surface area (TPSA) is 78.7 Å². The van der Waals surface area contributed by atoms with E-state index in [1.807, 2.05) is 61.5 Å². The second-order valence-corrected chi connectivity index (χ2v) is 8.64. The van der Waals surface area contributed by atoms with Gasteiger partial charge in [0.25, 0.3) is 11.8 Å². The number of para-hydroxylation sites is 2. The number of phenolic OH excluding ortho intramolecular Hbond substituents is 1. The molecule has 1 aliphatic heterocycles. The molecular formula is C28H26N4O3. The number of nitrogens with zero attached hydrogens (tertiary/aromatic N) is 4. The third-order valence-corrected chi connectivity index (χ3v) is 6.25. The van der Waals surface area contributed by atoms with E-state index in [0.29, 0.717) is 37.4 Å². The first-order valence-electron chi connectivity index (χ1n) is 11.6. The fourth-order valence-corrected chi connectivity index (χ4v) is 4.36. The van der Waals surface area contributed by atoms with Crippen LogP contribution in [0.25, 0.3) is 16.9 Å². The smallest absolute Gasteiger partial charge is 0.257 e. The Kier molecular flexibility index (Phi) is 6.06. The average molecular weight is 467 g/mol. The van der Waals surface area contributed by atoms with Gasteiger partial charge in [0.05, 0.1) is 16.8 Å². The van der Waals surface area contributed by atoms with Gasteiger partial charge >= 0.3 is 0 Å². The van der Waals surface area contributed by atoms with Gasteiger partial charge in [-0.15, -0.1) is 0 Å². The van der Waals surface area contributed by atoms with Crippen LogP contribution in [0.4, 0.5) is 0 Å². The Hall–Kier alpha value is -4.39. The van der Waals surface area contributed by atoms with E-state index in [1.54, 1.807) is 38.9 Å². The molecular weight excluding hydrogens is 440 g/mol. The van der Waals surface area contributed by atoms with Crippen LogP contribution in [0.3, 0.4) is 0 Å². The minimum Gasteiger partial charge on any atom is -0.507 e. The summed E-state index contributed by atoms with van der Waals surface area (Å²) in [5.74, 6) is -0.377. The number of hydrogen-bond donors (Lipinski definition) is 1. The van der Waals surface area contributed by atoms with Gasteiger partial charge in [0.1, 0.15) is 11.4 Å². The van der Waals surface area contributed by atoms with Gasteiger partial charge < -0.3 is 14.9 Å². The zero-order valence-corrected chi connectivity index (χ0v) is 19.5. The highest BCUT2D eigenvalue weighted by Gasteiger charge is 2.29. The van der Waals surface area contributed by atoms with E-state index in [-0.39, 0.29) is 23.1 Å². The van der Waals surface area contributed by atoms with Crippen LogP contribution in [-0.2, 0) is 0 Å². The van der Waals surface area contributed by atoms with Crippen LogP contribution >= 0.6 is 0 Å². The summed E-state index contributed by atoms with van der Waals surface area (Å²) in [4.78, 5) is 29.9. The average Bonchev–Trinajstić information content (AvgIpc) is 3.34. The number of piperazine rings is 1. The Bertz CT molecular complexity index is 1370. The summed E-state index contributed by atoms with van der Waals surface area (Å²) in [6.45, 7) is 3.61. The fraction of sp³-hybridized carbons (Fsp3) is 0.179. The summed E-state index contributed by atoms with van der Waals surface area (Å²) in [6, 6.07) is 24.2. The number of hydrogen-bond acceptors (Lipinski definition) is 4. The summed E-state index contributed by atoms with van der Waals surface area (Å²) in [5, 5.41) is 14.8. The quantitative estimate of drug-likeness (QED) is 0.490. The van der Waals surface area contributed by atoms with Crippen LogP contribution in [-0.4, -0.2) is 62.7 Å². The Balaban J connectivity index is 1.40.